The molecule has 90 valence electrons. The molecule has 0 spiro atoms. The van der Waals surface area contributed by atoms with Gasteiger partial charge in [0.05, 0.1) is 19.6 Å². The molecule has 0 saturated heterocycles. The van der Waals surface area contributed by atoms with Crippen molar-refractivity contribution < 1.29 is 9.15 Å². The number of rotatable bonds is 4. The van der Waals surface area contributed by atoms with Gasteiger partial charge in [-0.25, -0.2) is 0 Å². The zero-order valence-corrected chi connectivity index (χ0v) is 10.3. The number of furan rings is 1. The van der Waals surface area contributed by atoms with Crippen molar-refractivity contribution in [2.45, 2.75) is 12.5 Å². The fourth-order valence-electron chi connectivity index (χ4n) is 1.75. The monoisotopic (exact) mass is 251 g/mol. The van der Waals surface area contributed by atoms with Gasteiger partial charge in [-0.1, -0.05) is 11.6 Å². The quantitative estimate of drug-likeness (QED) is 0.908. The summed E-state index contributed by atoms with van der Waals surface area (Å²) in [6, 6.07) is 7.26. The van der Waals surface area contributed by atoms with E-state index in [-0.39, 0.29) is 6.04 Å². The Bertz CT molecular complexity index is 482. The van der Waals surface area contributed by atoms with E-state index in [1.54, 1.807) is 25.7 Å². The maximum absolute atomic E-state index is 6.09. The average Bonchev–Trinajstić information content (AvgIpc) is 2.83. The minimum atomic E-state index is -0.124. The fourth-order valence-corrected chi connectivity index (χ4v) is 1.94. The van der Waals surface area contributed by atoms with Crippen molar-refractivity contribution >= 4 is 11.6 Å². The van der Waals surface area contributed by atoms with E-state index < -0.39 is 0 Å². The highest BCUT2D eigenvalue weighted by Gasteiger charge is 2.12. The molecule has 0 aliphatic heterocycles. The van der Waals surface area contributed by atoms with E-state index in [4.69, 9.17) is 26.5 Å². The van der Waals surface area contributed by atoms with Crippen LogP contribution in [-0.2, 0) is 6.42 Å². The van der Waals surface area contributed by atoms with E-state index in [0.29, 0.717) is 11.4 Å². The predicted octanol–water partition coefficient (Wildman–Crippen LogP) is 3.18. The molecular weight excluding hydrogens is 238 g/mol. The largest absolute Gasteiger partial charge is 0.496 e. The van der Waals surface area contributed by atoms with E-state index in [1.807, 2.05) is 18.2 Å². The first-order valence-electron chi connectivity index (χ1n) is 5.31. The van der Waals surface area contributed by atoms with Gasteiger partial charge in [0.15, 0.2) is 0 Å². The van der Waals surface area contributed by atoms with Crippen LogP contribution in [0.5, 0.6) is 5.75 Å². The molecule has 4 heteroatoms. The minimum Gasteiger partial charge on any atom is -0.496 e. The Hall–Kier alpha value is -1.45. The second-order valence-corrected chi connectivity index (χ2v) is 4.26. The first kappa shape index (κ1) is 12.0. The Morgan fingerprint density at radius 3 is 2.88 bits per heavy atom. The highest BCUT2D eigenvalue weighted by molar-refractivity contribution is 6.30. The molecule has 2 rings (SSSR count). The Morgan fingerprint density at radius 2 is 2.24 bits per heavy atom. The third kappa shape index (κ3) is 2.81. The molecule has 1 atom stereocenters. The van der Waals surface area contributed by atoms with Gasteiger partial charge < -0.3 is 14.9 Å². The van der Waals surface area contributed by atoms with E-state index in [1.165, 1.54) is 0 Å². The van der Waals surface area contributed by atoms with Crippen molar-refractivity contribution in [3.8, 4) is 5.75 Å². The Morgan fingerprint density at radius 1 is 1.41 bits per heavy atom. The summed E-state index contributed by atoms with van der Waals surface area (Å²) in [4.78, 5) is 0. The van der Waals surface area contributed by atoms with Crippen LogP contribution in [0.3, 0.4) is 0 Å². The van der Waals surface area contributed by atoms with Gasteiger partial charge >= 0.3 is 0 Å². The predicted molar refractivity (Wildman–Crippen MR) is 67.3 cm³/mol. The van der Waals surface area contributed by atoms with Crippen LogP contribution in [0.1, 0.15) is 17.2 Å². The summed E-state index contributed by atoms with van der Waals surface area (Å²) in [7, 11) is 1.64. The lowest BCUT2D eigenvalue weighted by atomic mass is 10.0. The summed E-state index contributed by atoms with van der Waals surface area (Å²) in [6.07, 6.45) is 3.93. The number of hydrogen-bond acceptors (Lipinski definition) is 3. The van der Waals surface area contributed by atoms with Gasteiger partial charge in [-0.3, -0.25) is 0 Å². The van der Waals surface area contributed by atoms with Crippen molar-refractivity contribution in [3.05, 3.63) is 52.9 Å². The summed E-state index contributed by atoms with van der Waals surface area (Å²) in [5, 5.41) is 0.681. The van der Waals surface area contributed by atoms with E-state index in [0.717, 1.165) is 16.9 Å². The van der Waals surface area contributed by atoms with Gasteiger partial charge in [-0.2, -0.15) is 0 Å². The SMILES string of the molecule is COc1ccc(Cl)cc1CC(N)c1ccoc1. The molecule has 2 N–H and O–H groups in total. The average molecular weight is 252 g/mol. The van der Waals surface area contributed by atoms with Crippen molar-refractivity contribution in [1.82, 2.24) is 0 Å². The number of nitrogens with two attached hydrogens (primary N) is 1. The fraction of sp³-hybridized carbons (Fsp3) is 0.231. The summed E-state index contributed by atoms with van der Waals surface area (Å²) < 4.78 is 10.3. The molecule has 0 aliphatic rings. The molecule has 0 aliphatic carbocycles. The molecule has 17 heavy (non-hydrogen) atoms. The number of ether oxygens (including phenoxy) is 1. The minimum absolute atomic E-state index is 0.124. The highest BCUT2D eigenvalue weighted by Crippen LogP contribution is 2.26. The van der Waals surface area contributed by atoms with Crippen LogP contribution in [0.25, 0.3) is 0 Å². The van der Waals surface area contributed by atoms with Crippen LogP contribution in [-0.4, -0.2) is 7.11 Å². The van der Waals surface area contributed by atoms with Crippen molar-refractivity contribution in [1.29, 1.82) is 0 Å². The van der Waals surface area contributed by atoms with Gasteiger partial charge in [0.2, 0.25) is 0 Å². The van der Waals surface area contributed by atoms with Crippen molar-refractivity contribution in [3.63, 3.8) is 0 Å². The van der Waals surface area contributed by atoms with Crippen LogP contribution in [0.2, 0.25) is 5.02 Å². The normalized spacial score (nSPS) is 12.4. The molecule has 0 bridgehead atoms. The second-order valence-electron chi connectivity index (χ2n) is 3.82. The smallest absolute Gasteiger partial charge is 0.122 e. The zero-order chi connectivity index (χ0) is 12.3. The lowest BCUT2D eigenvalue weighted by Crippen LogP contribution is -2.13. The highest BCUT2D eigenvalue weighted by atomic mass is 35.5. The number of methoxy groups -OCH3 is 1. The lowest BCUT2D eigenvalue weighted by molar-refractivity contribution is 0.408. The standard InChI is InChI=1S/C13H14ClNO2/c1-16-13-3-2-11(14)6-10(13)7-12(15)9-4-5-17-8-9/h2-6,8,12H,7,15H2,1H3. The molecule has 0 radical (unpaired) electrons. The van der Waals surface area contributed by atoms with E-state index in [2.05, 4.69) is 0 Å². The molecule has 0 amide bonds. The van der Waals surface area contributed by atoms with Gasteiger partial charge in [0.25, 0.3) is 0 Å². The van der Waals surface area contributed by atoms with Crippen LogP contribution in [0.4, 0.5) is 0 Å². The second kappa shape index (κ2) is 5.25. The van der Waals surface area contributed by atoms with Crippen LogP contribution in [0, 0.1) is 0 Å². The van der Waals surface area contributed by atoms with Crippen molar-refractivity contribution in [2.75, 3.05) is 7.11 Å². The summed E-state index contributed by atoms with van der Waals surface area (Å²) in [5.74, 6) is 0.799. The molecule has 2 aromatic rings. The molecular formula is C13H14ClNO2. The van der Waals surface area contributed by atoms with Crippen LogP contribution < -0.4 is 10.5 Å². The first-order valence-corrected chi connectivity index (χ1v) is 5.68. The Labute approximate surface area is 105 Å². The molecule has 3 nitrogen and oxygen atoms in total. The van der Waals surface area contributed by atoms with E-state index in [9.17, 15) is 0 Å². The van der Waals surface area contributed by atoms with Gasteiger partial charge in [-0.15, -0.1) is 0 Å². The zero-order valence-electron chi connectivity index (χ0n) is 9.52. The molecule has 1 aromatic carbocycles. The maximum atomic E-state index is 6.09. The number of hydrogen-bond donors (Lipinski definition) is 1. The number of benzene rings is 1. The van der Waals surface area contributed by atoms with Crippen molar-refractivity contribution in [2.24, 2.45) is 5.73 Å². The molecule has 0 saturated carbocycles. The Kier molecular flexibility index (Phi) is 3.71. The van der Waals surface area contributed by atoms with E-state index >= 15 is 0 Å². The molecule has 1 unspecified atom stereocenters. The lowest BCUT2D eigenvalue weighted by Gasteiger charge is -2.13. The first-order chi connectivity index (χ1) is 8.20. The summed E-state index contributed by atoms with van der Waals surface area (Å²) >= 11 is 5.97. The topological polar surface area (TPSA) is 48.4 Å². The number of halogens is 1. The van der Waals surface area contributed by atoms with Gasteiger partial charge in [-0.05, 0) is 36.2 Å². The maximum Gasteiger partial charge on any atom is 0.122 e. The summed E-state index contributed by atoms with van der Waals surface area (Å²) in [5.41, 5.74) is 8.05. The Balaban J connectivity index is 2.20. The van der Waals surface area contributed by atoms with Crippen LogP contribution in [0.15, 0.2) is 41.2 Å². The summed E-state index contributed by atoms with van der Waals surface area (Å²) in [6.45, 7) is 0. The van der Waals surface area contributed by atoms with Gasteiger partial charge in [0, 0.05) is 16.6 Å². The molecule has 1 aromatic heterocycles. The third-order valence-electron chi connectivity index (χ3n) is 2.65. The third-order valence-corrected chi connectivity index (χ3v) is 2.89. The molecule has 1 heterocycles. The van der Waals surface area contributed by atoms with Crippen LogP contribution >= 0.6 is 11.6 Å². The molecule has 0 fully saturated rings. The van der Waals surface area contributed by atoms with Gasteiger partial charge in [0.1, 0.15) is 5.75 Å².